The van der Waals surface area contributed by atoms with Crippen molar-refractivity contribution in [3.63, 3.8) is 0 Å². The van der Waals surface area contributed by atoms with Gasteiger partial charge in [0, 0.05) is 7.11 Å². The minimum atomic E-state index is -2.00. The van der Waals surface area contributed by atoms with Gasteiger partial charge in [0.1, 0.15) is 0 Å². The molecule has 0 aromatic rings. The summed E-state index contributed by atoms with van der Waals surface area (Å²) >= 11 is 0. The molecule has 0 aliphatic rings. The van der Waals surface area contributed by atoms with Crippen molar-refractivity contribution in [1.82, 2.24) is 0 Å². The van der Waals surface area contributed by atoms with E-state index in [-0.39, 0.29) is 7.43 Å². The van der Waals surface area contributed by atoms with Crippen molar-refractivity contribution in [3.8, 4) is 0 Å². The van der Waals surface area contributed by atoms with Crippen LogP contribution in [0.2, 0.25) is 45.8 Å². The van der Waals surface area contributed by atoms with Crippen LogP contribution < -0.4 is 0 Å². The first-order valence-electron chi connectivity index (χ1n) is 4.93. The molecule has 0 atom stereocenters. The van der Waals surface area contributed by atoms with E-state index in [1.807, 2.05) is 0 Å². The quantitative estimate of drug-likeness (QED) is 0.714. The molecule has 6 heteroatoms. The number of rotatable bonds is 5. The molecule has 0 aromatic carbocycles. The summed E-state index contributed by atoms with van der Waals surface area (Å²) in [5.74, 6) is 0. The second-order valence-corrected chi connectivity index (χ2v) is 17.2. The van der Waals surface area contributed by atoms with Crippen molar-refractivity contribution in [2.24, 2.45) is 0 Å². The fraction of sp³-hybridized carbons (Fsp3) is 1.00. The maximum Gasteiger partial charge on any atom is 0.322 e. The van der Waals surface area contributed by atoms with Gasteiger partial charge in [-0.15, -0.1) is 0 Å². The molecular weight excluding hydrogens is 240 g/mol. The average Bonchev–Trinajstić information content (AvgIpc) is 1.78. The van der Waals surface area contributed by atoms with E-state index in [1.165, 1.54) is 0 Å². The van der Waals surface area contributed by atoms with Gasteiger partial charge in [-0.1, -0.05) is 7.43 Å². The van der Waals surface area contributed by atoms with Crippen LogP contribution in [0.1, 0.15) is 7.43 Å². The van der Waals surface area contributed by atoms with E-state index in [9.17, 15) is 0 Å². The summed E-state index contributed by atoms with van der Waals surface area (Å²) < 4.78 is 17.5. The highest BCUT2D eigenvalue weighted by molar-refractivity contribution is 6.85. The van der Waals surface area contributed by atoms with Crippen molar-refractivity contribution < 1.29 is 12.7 Å². The highest BCUT2D eigenvalue weighted by Gasteiger charge is 2.38. The van der Waals surface area contributed by atoms with Gasteiger partial charge in [0.25, 0.3) is 0 Å². The lowest BCUT2D eigenvalue weighted by Crippen LogP contribution is -2.52. The van der Waals surface area contributed by atoms with Crippen LogP contribution in [0.15, 0.2) is 0 Å². The molecule has 0 aliphatic carbocycles. The molecule has 0 N–H and O–H groups in total. The minimum absolute atomic E-state index is 0. The topological polar surface area (TPSA) is 27.7 Å². The zero-order chi connectivity index (χ0) is 11.6. The van der Waals surface area contributed by atoms with Crippen molar-refractivity contribution in [2.75, 3.05) is 7.11 Å². The van der Waals surface area contributed by atoms with Crippen molar-refractivity contribution in [1.29, 1.82) is 0 Å². The van der Waals surface area contributed by atoms with Gasteiger partial charge in [-0.2, -0.15) is 0 Å². The van der Waals surface area contributed by atoms with Gasteiger partial charge in [-0.3, -0.25) is 0 Å². The molecule has 0 heterocycles. The molecule has 15 heavy (non-hydrogen) atoms. The molecule has 0 saturated carbocycles. The van der Waals surface area contributed by atoms with Gasteiger partial charge >= 0.3 is 17.1 Å². The summed E-state index contributed by atoms with van der Waals surface area (Å²) in [5, 5.41) is 0. The third-order valence-corrected chi connectivity index (χ3v) is 10.9. The SMILES string of the molecule is C.CO[Si](C)(C)O[Si](C)(C)O[Si](C)(C)C. The molecule has 0 aliphatic heterocycles. The Morgan fingerprint density at radius 2 is 1.07 bits per heavy atom. The smallest absolute Gasteiger partial charge is 0.322 e. The van der Waals surface area contributed by atoms with E-state index in [4.69, 9.17) is 12.7 Å². The lowest BCUT2D eigenvalue weighted by atomic mass is 11.8. The highest BCUT2D eigenvalue weighted by atomic mass is 28.5. The second kappa shape index (κ2) is 5.74. The molecule has 0 unspecified atom stereocenters. The molecule has 0 aromatic heterocycles. The third kappa shape index (κ3) is 9.46. The van der Waals surface area contributed by atoms with Gasteiger partial charge in [-0.25, -0.2) is 0 Å². The Labute approximate surface area is 98.8 Å². The van der Waals surface area contributed by atoms with E-state index >= 15 is 0 Å². The Bertz CT molecular complexity index is 188. The van der Waals surface area contributed by atoms with Gasteiger partial charge in [-0.05, 0) is 45.8 Å². The predicted octanol–water partition coefficient (Wildman–Crippen LogP) is 3.54. The van der Waals surface area contributed by atoms with Crippen LogP contribution in [-0.2, 0) is 12.7 Å². The fourth-order valence-electron chi connectivity index (χ4n) is 1.39. The first-order chi connectivity index (χ1) is 5.97. The molecular formula is C9H28O3Si3. The molecule has 0 radical (unpaired) electrons. The van der Waals surface area contributed by atoms with Crippen molar-refractivity contribution in [2.45, 2.75) is 53.3 Å². The summed E-state index contributed by atoms with van der Waals surface area (Å²) in [5.41, 5.74) is 0. The maximum atomic E-state index is 6.07. The summed E-state index contributed by atoms with van der Waals surface area (Å²) in [6.07, 6.45) is 0. The molecule has 3 nitrogen and oxygen atoms in total. The lowest BCUT2D eigenvalue weighted by molar-refractivity contribution is 0.280. The van der Waals surface area contributed by atoms with Crippen LogP contribution in [-0.4, -0.2) is 32.5 Å². The monoisotopic (exact) mass is 268 g/mol. The van der Waals surface area contributed by atoms with Crippen LogP contribution in [0.3, 0.4) is 0 Å². The Kier molecular flexibility index (Phi) is 6.85. The van der Waals surface area contributed by atoms with Crippen LogP contribution in [0.4, 0.5) is 0 Å². The molecule has 0 bridgehead atoms. The standard InChI is InChI=1S/C8H24O3Si3.CH4/c1-9-13(5,6)11-14(7,8)10-12(2,3)4;/h1-8H3;1H4. The van der Waals surface area contributed by atoms with Gasteiger partial charge in [0.15, 0.2) is 8.32 Å². The second-order valence-electron chi connectivity index (χ2n) is 5.32. The first-order valence-corrected chi connectivity index (χ1v) is 14.0. The van der Waals surface area contributed by atoms with E-state index in [2.05, 4.69) is 45.8 Å². The van der Waals surface area contributed by atoms with Gasteiger partial charge < -0.3 is 12.7 Å². The van der Waals surface area contributed by atoms with E-state index in [1.54, 1.807) is 7.11 Å². The summed E-state index contributed by atoms with van der Waals surface area (Å²) in [7, 11) is -3.74. The molecule has 94 valence electrons. The van der Waals surface area contributed by atoms with Gasteiger partial charge in [0.2, 0.25) is 0 Å². The third-order valence-electron chi connectivity index (χ3n) is 1.54. The van der Waals surface area contributed by atoms with Crippen LogP contribution in [0, 0.1) is 0 Å². The van der Waals surface area contributed by atoms with Crippen molar-refractivity contribution >= 4 is 25.4 Å². The maximum absolute atomic E-state index is 6.07. The molecule has 0 spiro atoms. The van der Waals surface area contributed by atoms with Crippen LogP contribution in [0.5, 0.6) is 0 Å². The minimum Gasteiger partial charge on any atom is -0.437 e. The van der Waals surface area contributed by atoms with E-state index in [0.717, 1.165) is 0 Å². The molecule has 0 rings (SSSR count). The normalized spacial score (nSPS) is 13.6. The van der Waals surface area contributed by atoms with Gasteiger partial charge in [0.05, 0.1) is 0 Å². The molecule has 0 amide bonds. The van der Waals surface area contributed by atoms with E-state index < -0.39 is 25.4 Å². The Morgan fingerprint density at radius 3 is 1.33 bits per heavy atom. The van der Waals surface area contributed by atoms with Crippen molar-refractivity contribution in [3.05, 3.63) is 0 Å². The zero-order valence-corrected chi connectivity index (χ0v) is 13.7. The Morgan fingerprint density at radius 1 is 0.667 bits per heavy atom. The first kappa shape index (κ1) is 17.9. The fourth-order valence-corrected chi connectivity index (χ4v) is 12.9. The Hall–Kier alpha value is 0.531. The van der Waals surface area contributed by atoms with E-state index in [0.29, 0.717) is 0 Å². The summed E-state index contributed by atoms with van der Waals surface area (Å²) in [4.78, 5) is 0. The molecule has 0 saturated heterocycles. The lowest BCUT2D eigenvalue weighted by Gasteiger charge is -2.36. The summed E-state index contributed by atoms with van der Waals surface area (Å²) in [6.45, 7) is 14.9. The van der Waals surface area contributed by atoms with Crippen LogP contribution in [0.25, 0.3) is 0 Å². The zero-order valence-electron chi connectivity index (χ0n) is 10.7. The summed E-state index contributed by atoms with van der Waals surface area (Å²) in [6, 6.07) is 0. The number of hydrogen-bond donors (Lipinski definition) is 0. The average molecular weight is 269 g/mol. The number of hydrogen-bond acceptors (Lipinski definition) is 3. The predicted molar refractivity (Wildman–Crippen MR) is 74.2 cm³/mol. The van der Waals surface area contributed by atoms with Crippen LogP contribution >= 0.6 is 0 Å². The molecule has 0 fully saturated rings. The highest BCUT2D eigenvalue weighted by Crippen LogP contribution is 2.20. The Balaban J connectivity index is 0. The largest absolute Gasteiger partial charge is 0.437 e.